The smallest absolute Gasteiger partial charge is 0.121 e. The summed E-state index contributed by atoms with van der Waals surface area (Å²) in [6, 6.07) is 18.2. The maximum absolute atomic E-state index is 4.67. The second kappa shape index (κ2) is 5.28. The summed E-state index contributed by atoms with van der Waals surface area (Å²) in [7, 11) is 1.66. The molecule has 0 bridgehead atoms. The van der Waals surface area contributed by atoms with Gasteiger partial charge in [0, 0.05) is 12.4 Å². The monoisotopic (exact) mass is 301 g/mol. The Morgan fingerprint density at radius 1 is 0.913 bits per heavy atom. The first-order chi connectivity index (χ1) is 11.2. The standard InChI is InChI=1S/C18H15N5/c1-12-3-9-16-13(11-12)4-10-17-18(16)22-23(21-17)15-7-5-14(6-8-15)20-19-2/h3-11H,1-2H3. The Morgan fingerprint density at radius 3 is 2.52 bits per heavy atom. The van der Waals surface area contributed by atoms with E-state index in [2.05, 4.69) is 51.6 Å². The van der Waals surface area contributed by atoms with E-state index in [0.717, 1.165) is 27.8 Å². The molecule has 0 spiro atoms. The number of aryl methyl sites for hydroxylation is 1. The maximum Gasteiger partial charge on any atom is 0.121 e. The van der Waals surface area contributed by atoms with Gasteiger partial charge in [0.2, 0.25) is 0 Å². The molecule has 0 atom stereocenters. The molecule has 0 radical (unpaired) electrons. The molecule has 5 nitrogen and oxygen atoms in total. The SMILES string of the molecule is CN=Nc1ccc(-n2nc3ccc4cc(C)ccc4c3n2)cc1. The lowest BCUT2D eigenvalue weighted by molar-refractivity contribution is 0.766. The summed E-state index contributed by atoms with van der Waals surface area (Å²) in [5.74, 6) is 0. The van der Waals surface area contributed by atoms with Gasteiger partial charge in [-0.15, -0.1) is 10.2 Å². The Labute approximate surface area is 133 Å². The third-order valence-corrected chi connectivity index (χ3v) is 3.82. The largest absolute Gasteiger partial charge is 0.192 e. The molecule has 0 aliphatic carbocycles. The van der Waals surface area contributed by atoms with E-state index in [0.29, 0.717) is 0 Å². The van der Waals surface area contributed by atoms with Gasteiger partial charge in [-0.25, -0.2) is 0 Å². The summed E-state index contributed by atoms with van der Waals surface area (Å²) in [6.45, 7) is 2.09. The third-order valence-electron chi connectivity index (χ3n) is 3.82. The summed E-state index contributed by atoms with van der Waals surface area (Å²) >= 11 is 0. The van der Waals surface area contributed by atoms with Crippen LogP contribution in [0.15, 0.2) is 64.8 Å². The molecule has 1 aromatic heterocycles. The van der Waals surface area contributed by atoms with Gasteiger partial charge >= 0.3 is 0 Å². The molecule has 0 saturated heterocycles. The average molecular weight is 301 g/mol. The number of nitrogens with zero attached hydrogens (tertiary/aromatic N) is 5. The van der Waals surface area contributed by atoms with Gasteiger partial charge in [-0.3, -0.25) is 0 Å². The Bertz CT molecular complexity index is 1030. The van der Waals surface area contributed by atoms with Crippen LogP contribution in [-0.4, -0.2) is 22.0 Å². The van der Waals surface area contributed by atoms with Crippen LogP contribution in [0.2, 0.25) is 0 Å². The first-order valence-electron chi connectivity index (χ1n) is 7.41. The summed E-state index contributed by atoms with van der Waals surface area (Å²) in [5.41, 5.74) is 4.76. The molecular weight excluding hydrogens is 286 g/mol. The zero-order valence-corrected chi connectivity index (χ0v) is 12.9. The topological polar surface area (TPSA) is 55.4 Å². The van der Waals surface area contributed by atoms with Crippen molar-refractivity contribution in [3.05, 3.63) is 60.2 Å². The van der Waals surface area contributed by atoms with E-state index < -0.39 is 0 Å². The Kier molecular flexibility index (Phi) is 3.12. The minimum absolute atomic E-state index is 0.814. The van der Waals surface area contributed by atoms with Crippen molar-refractivity contribution >= 4 is 27.5 Å². The summed E-state index contributed by atoms with van der Waals surface area (Å²) < 4.78 is 0. The van der Waals surface area contributed by atoms with Gasteiger partial charge in [0.05, 0.1) is 11.4 Å². The molecule has 1 heterocycles. The second-order valence-corrected chi connectivity index (χ2v) is 5.46. The van der Waals surface area contributed by atoms with Crippen LogP contribution in [0.3, 0.4) is 0 Å². The van der Waals surface area contributed by atoms with Gasteiger partial charge in [0.25, 0.3) is 0 Å². The highest BCUT2D eigenvalue weighted by atomic mass is 15.5. The third kappa shape index (κ3) is 2.36. The van der Waals surface area contributed by atoms with E-state index >= 15 is 0 Å². The molecule has 0 saturated carbocycles. The van der Waals surface area contributed by atoms with Crippen LogP contribution in [0.25, 0.3) is 27.5 Å². The van der Waals surface area contributed by atoms with Crippen LogP contribution < -0.4 is 0 Å². The van der Waals surface area contributed by atoms with Crippen molar-refractivity contribution in [1.29, 1.82) is 0 Å². The predicted octanol–water partition coefficient (Wildman–Crippen LogP) is 4.60. The maximum atomic E-state index is 4.67. The molecule has 0 N–H and O–H groups in total. The zero-order valence-electron chi connectivity index (χ0n) is 12.9. The number of benzene rings is 3. The van der Waals surface area contributed by atoms with Crippen LogP contribution in [0, 0.1) is 6.92 Å². The molecule has 0 aliphatic rings. The Hall–Kier alpha value is -3.08. The van der Waals surface area contributed by atoms with Crippen molar-refractivity contribution in [3.8, 4) is 5.69 Å². The molecule has 0 fully saturated rings. The number of hydrogen-bond donors (Lipinski definition) is 0. The molecule has 4 rings (SSSR count). The van der Waals surface area contributed by atoms with Crippen molar-refractivity contribution < 1.29 is 0 Å². The number of fused-ring (bicyclic) bond motifs is 3. The predicted molar refractivity (Wildman–Crippen MR) is 91.5 cm³/mol. The van der Waals surface area contributed by atoms with Crippen LogP contribution in [0.4, 0.5) is 5.69 Å². The van der Waals surface area contributed by atoms with E-state index in [-0.39, 0.29) is 0 Å². The lowest BCUT2D eigenvalue weighted by Crippen LogP contribution is -1.97. The number of aromatic nitrogens is 3. The molecule has 5 heteroatoms. The van der Waals surface area contributed by atoms with Gasteiger partial charge in [0.1, 0.15) is 11.0 Å². The fraction of sp³-hybridized carbons (Fsp3) is 0.111. The fourth-order valence-corrected chi connectivity index (χ4v) is 2.71. The molecule has 0 unspecified atom stereocenters. The number of rotatable bonds is 2. The van der Waals surface area contributed by atoms with Gasteiger partial charge in [-0.1, -0.05) is 29.8 Å². The molecule has 4 aromatic rings. The summed E-state index contributed by atoms with van der Waals surface area (Å²) in [5, 5.41) is 19.3. The van der Waals surface area contributed by atoms with E-state index in [1.54, 1.807) is 11.8 Å². The molecule has 0 aliphatic heterocycles. The summed E-state index contributed by atoms with van der Waals surface area (Å²) in [4.78, 5) is 1.66. The molecule has 0 amide bonds. The van der Waals surface area contributed by atoms with Crippen molar-refractivity contribution in [2.75, 3.05) is 7.05 Å². The highest BCUT2D eigenvalue weighted by Crippen LogP contribution is 2.24. The molecular formula is C18H15N5. The highest BCUT2D eigenvalue weighted by Gasteiger charge is 2.08. The van der Waals surface area contributed by atoms with Crippen LogP contribution in [0.5, 0.6) is 0 Å². The van der Waals surface area contributed by atoms with Gasteiger partial charge in [-0.05, 0) is 42.6 Å². The minimum atomic E-state index is 0.814. The highest BCUT2D eigenvalue weighted by molar-refractivity contribution is 6.03. The van der Waals surface area contributed by atoms with Crippen molar-refractivity contribution in [2.45, 2.75) is 6.92 Å². The average Bonchev–Trinajstić information content (AvgIpc) is 3.00. The van der Waals surface area contributed by atoms with Crippen molar-refractivity contribution in [2.24, 2.45) is 10.2 Å². The fourth-order valence-electron chi connectivity index (χ4n) is 2.71. The van der Waals surface area contributed by atoms with Crippen molar-refractivity contribution in [3.63, 3.8) is 0 Å². The van der Waals surface area contributed by atoms with E-state index in [4.69, 9.17) is 0 Å². The van der Waals surface area contributed by atoms with E-state index in [1.165, 1.54) is 10.9 Å². The van der Waals surface area contributed by atoms with Crippen molar-refractivity contribution in [1.82, 2.24) is 15.0 Å². The number of hydrogen-bond acceptors (Lipinski definition) is 4. The molecule has 3 aromatic carbocycles. The quantitative estimate of drug-likeness (QED) is 0.508. The Balaban J connectivity index is 1.86. The lowest BCUT2D eigenvalue weighted by atomic mass is 10.1. The van der Waals surface area contributed by atoms with Crippen LogP contribution in [-0.2, 0) is 0 Å². The lowest BCUT2D eigenvalue weighted by Gasteiger charge is -1.99. The van der Waals surface area contributed by atoms with Gasteiger partial charge < -0.3 is 0 Å². The zero-order chi connectivity index (χ0) is 15.8. The molecule has 112 valence electrons. The van der Waals surface area contributed by atoms with E-state index in [9.17, 15) is 0 Å². The van der Waals surface area contributed by atoms with Gasteiger partial charge in [0.15, 0.2) is 0 Å². The Morgan fingerprint density at radius 2 is 1.74 bits per heavy atom. The van der Waals surface area contributed by atoms with Gasteiger partial charge in [-0.2, -0.15) is 15.0 Å². The van der Waals surface area contributed by atoms with E-state index in [1.807, 2.05) is 30.3 Å². The first-order valence-corrected chi connectivity index (χ1v) is 7.41. The minimum Gasteiger partial charge on any atom is -0.192 e. The number of azo groups is 1. The normalized spacial score (nSPS) is 11.7. The van der Waals surface area contributed by atoms with Crippen LogP contribution in [0.1, 0.15) is 5.56 Å². The molecule has 23 heavy (non-hydrogen) atoms. The second-order valence-electron chi connectivity index (χ2n) is 5.46. The summed E-state index contributed by atoms with van der Waals surface area (Å²) in [6.07, 6.45) is 0. The van der Waals surface area contributed by atoms with Crippen LogP contribution >= 0.6 is 0 Å². The first kappa shape index (κ1) is 13.6.